The van der Waals surface area contributed by atoms with E-state index in [-0.39, 0.29) is 6.04 Å². The zero-order valence-corrected chi connectivity index (χ0v) is 11.8. The van der Waals surface area contributed by atoms with Crippen molar-refractivity contribution in [3.05, 3.63) is 58.9 Å². The molecule has 1 atom stereocenters. The van der Waals surface area contributed by atoms with Gasteiger partial charge in [0.25, 0.3) is 0 Å². The zero-order chi connectivity index (χ0) is 13.9. The quantitative estimate of drug-likeness (QED) is 0.927. The van der Waals surface area contributed by atoms with Crippen LogP contribution in [0.5, 0.6) is 5.75 Å². The molecule has 104 valence electrons. The summed E-state index contributed by atoms with van der Waals surface area (Å²) in [6, 6.07) is 10.5. The summed E-state index contributed by atoms with van der Waals surface area (Å²) in [4.78, 5) is 4.48. The number of aromatic nitrogens is 1. The van der Waals surface area contributed by atoms with Crippen molar-refractivity contribution in [3.63, 3.8) is 0 Å². The summed E-state index contributed by atoms with van der Waals surface area (Å²) in [5, 5.41) is 0. The van der Waals surface area contributed by atoms with Crippen molar-refractivity contribution >= 4 is 0 Å². The molecule has 0 fully saturated rings. The Morgan fingerprint density at radius 1 is 1.30 bits per heavy atom. The van der Waals surface area contributed by atoms with E-state index >= 15 is 0 Å². The lowest BCUT2D eigenvalue weighted by atomic mass is 9.99. The fraction of sp³-hybridized carbons (Fsp3) is 0.353. The molecule has 0 saturated carbocycles. The molecule has 0 amide bonds. The average molecular weight is 268 g/mol. The van der Waals surface area contributed by atoms with Gasteiger partial charge in [0, 0.05) is 30.8 Å². The predicted octanol–water partition coefficient (Wildman–Crippen LogP) is 2.82. The molecule has 0 spiro atoms. The van der Waals surface area contributed by atoms with E-state index in [4.69, 9.17) is 10.5 Å². The van der Waals surface area contributed by atoms with E-state index in [1.165, 1.54) is 11.1 Å². The van der Waals surface area contributed by atoms with Gasteiger partial charge in [-0.15, -0.1) is 0 Å². The second kappa shape index (κ2) is 5.63. The Bertz CT molecular complexity index is 592. The van der Waals surface area contributed by atoms with Gasteiger partial charge in [-0.2, -0.15) is 0 Å². The smallest absolute Gasteiger partial charge is 0.122 e. The van der Waals surface area contributed by atoms with Crippen LogP contribution in [0.25, 0.3) is 0 Å². The standard InChI is InChI=1S/C17H20N2O/c1-2-12-3-5-15(19-11-12)10-16(18)13-4-6-17-14(9-13)7-8-20-17/h3-6,9,11,16H,2,7-8,10,18H2,1H3. The SMILES string of the molecule is CCc1ccc(CC(N)c2ccc3c(c2)CCO3)nc1. The molecule has 0 bridgehead atoms. The van der Waals surface area contributed by atoms with E-state index in [1.807, 2.05) is 12.3 Å². The Labute approximate surface area is 119 Å². The van der Waals surface area contributed by atoms with Crippen LogP contribution in [0.3, 0.4) is 0 Å². The summed E-state index contributed by atoms with van der Waals surface area (Å²) >= 11 is 0. The Morgan fingerprint density at radius 2 is 2.20 bits per heavy atom. The number of benzene rings is 1. The summed E-state index contributed by atoms with van der Waals surface area (Å²) in [5.41, 5.74) is 11.1. The summed E-state index contributed by atoms with van der Waals surface area (Å²) in [6.07, 6.45) is 4.71. The van der Waals surface area contributed by atoms with Crippen LogP contribution in [0.4, 0.5) is 0 Å². The largest absolute Gasteiger partial charge is 0.493 e. The van der Waals surface area contributed by atoms with Crippen molar-refractivity contribution in [3.8, 4) is 5.75 Å². The molecule has 1 aliphatic rings. The minimum atomic E-state index is -0.0131. The highest BCUT2D eigenvalue weighted by molar-refractivity contribution is 5.41. The maximum absolute atomic E-state index is 6.31. The molecule has 3 rings (SSSR count). The molecular formula is C17H20N2O. The van der Waals surface area contributed by atoms with E-state index in [0.717, 1.165) is 42.9 Å². The van der Waals surface area contributed by atoms with Crippen LogP contribution < -0.4 is 10.5 Å². The van der Waals surface area contributed by atoms with Gasteiger partial charge in [0.1, 0.15) is 5.75 Å². The molecule has 2 N–H and O–H groups in total. The van der Waals surface area contributed by atoms with Crippen molar-refractivity contribution in [1.82, 2.24) is 4.98 Å². The minimum absolute atomic E-state index is 0.0131. The monoisotopic (exact) mass is 268 g/mol. The fourth-order valence-corrected chi connectivity index (χ4v) is 2.57. The number of fused-ring (bicyclic) bond motifs is 1. The van der Waals surface area contributed by atoms with Gasteiger partial charge in [-0.05, 0) is 35.2 Å². The summed E-state index contributed by atoms with van der Waals surface area (Å²) in [6.45, 7) is 2.92. The molecular weight excluding hydrogens is 248 g/mol. The molecule has 1 aromatic carbocycles. The Balaban J connectivity index is 1.73. The first-order chi connectivity index (χ1) is 9.76. The molecule has 0 saturated heterocycles. The highest BCUT2D eigenvalue weighted by atomic mass is 16.5. The lowest BCUT2D eigenvalue weighted by Gasteiger charge is -2.13. The number of pyridine rings is 1. The number of nitrogens with two attached hydrogens (primary N) is 1. The van der Waals surface area contributed by atoms with Gasteiger partial charge in [0.15, 0.2) is 0 Å². The number of aryl methyl sites for hydroxylation is 1. The third-order valence-corrected chi connectivity index (χ3v) is 3.86. The van der Waals surface area contributed by atoms with E-state index in [0.29, 0.717) is 0 Å². The molecule has 0 radical (unpaired) electrons. The highest BCUT2D eigenvalue weighted by Crippen LogP contribution is 2.28. The maximum Gasteiger partial charge on any atom is 0.122 e. The van der Waals surface area contributed by atoms with E-state index < -0.39 is 0 Å². The topological polar surface area (TPSA) is 48.1 Å². The van der Waals surface area contributed by atoms with Crippen LogP contribution in [0.2, 0.25) is 0 Å². The van der Waals surface area contributed by atoms with Gasteiger partial charge in [-0.25, -0.2) is 0 Å². The molecule has 2 aromatic rings. The molecule has 0 aliphatic carbocycles. The average Bonchev–Trinajstić information content (AvgIpc) is 2.95. The molecule has 3 nitrogen and oxygen atoms in total. The van der Waals surface area contributed by atoms with Gasteiger partial charge < -0.3 is 10.5 Å². The van der Waals surface area contributed by atoms with Crippen molar-refractivity contribution in [2.75, 3.05) is 6.61 Å². The van der Waals surface area contributed by atoms with Gasteiger partial charge in [-0.3, -0.25) is 4.98 Å². The second-order valence-corrected chi connectivity index (χ2v) is 5.29. The summed E-state index contributed by atoms with van der Waals surface area (Å²) < 4.78 is 5.52. The highest BCUT2D eigenvalue weighted by Gasteiger charge is 2.15. The van der Waals surface area contributed by atoms with Crippen LogP contribution in [0.1, 0.15) is 35.3 Å². The number of nitrogens with zero attached hydrogens (tertiary/aromatic N) is 1. The minimum Gasteiger partial charge on any atom is -0.493 e. The first-order valence-electron chi connectivity index (χ1n) is 7.21. The number of hydrogen-bond donors (Lipinski definition) is 1. The normalized spacial score (nSPS) is 14.7. The van der Waals surface area contributed by atoms with Crippen LogP contribution in [0, 0.1) is 0 Å². The van der Waals surface area contributed by atoms with E-state index in [9.17, 15) is 0 Å². The van der Waals surface area contributed by atoms with Crippen molar-refractivity contribution in [2.45, 2.75) is 32.2 Å². The predicted molar refractivity (Wildman–Crippen MR) is 79.9 cm³/mol. The molecule has 3 heteroatoms. The van der Waals surface area contributed by atoms with Crippen molar-refractivity contribution in [1.29, 1.82) is 0 Å². The van der Waals surface area contributed by atoms with Gasteiger partial charge in [0.05, 0.1) is 6.61 Å². The molecule has 2 heterocycles. The lowest BCUT2D eigenvalue weighted by molar-refractivity contribution is 0.357. The van der Waals surface area contributed by atoms with Crippen LogP contribution in [-0.2, 0) is 19.3 Å². The maximum atomic E-state index is 6.31. The lowest BCUT2D eigenvalue weighted by Crippen LogP contribution is -2.14. The molecule has 20 heavy (non-hydrogen) atoms. The summed E-state index contributed by atoms with van der Waals surface area (Å²) in [5.74, 6) is 1.01. The fourth-order valence-electron chi connectivity index (χ4n) is 2.57. The van der Waals surface area contributed by atoms with Gasteiger partial charge in [-0.1, -0.05) is 25.1 Å². The first kappa shape index (κ1) is 13.1. The Morgan fingerprint density at radius 3 is 2.95 bits per heavy atom. The first-order valence-corrected chi connectivity index (χ1v) is 7.21. The second-order valence-electron chi connectivity index (χ2n) is 5.29. The van der Waals surface area contributed by atoms with Crippen molar-refractivity contribution in [2.24, 2.45) is 5.73 Å². The molecule has 1 unspecified atom stereocenters. The van der Waals surface area contributed by atoms with Gasteiger partial charge >= 0.3 is 0 Å². The zero-order valence-electron chi connectivity index (χ0n) is 11.8. The molecule has 1 aliphatic heterocycles. The van der Waals surface area contributed by atoms with E-state index in [1.54, 1.807) is 0 Å². The third-order valence-electron chi connectivity index (χ3n) is 3.86. The Kier molecular flexibility index (Phi) is 3.70. The van der Waals surface area contributed by atoms with E-state index in [2.05, 4.69) is 36.2 Å². The molecule has 1 aromatic heterocycles. The van der Waals surface area contributed by atoms with Gasteiger partial charge in [0.2, 0.25) is 0 Å². The van der Waals surface area contributed by atoms with Crippen LogP contribution >= 0.6 is 0 Å². The van der Waals surface area contributed by atoms with Crippen LogP contribution in [0.15, 0.2) is 36.5 Å². The number of hydrogen-bond acceptors (Lipinski definition) is 3. The third kappa shape index (κ3) is 2.68. The Hall–Kier alpha value is -1.87. The number of rotatable bonds is 4. The summed E-state index contributed by atoms with van der Waals surface area (Å²) in [7, 11) is 0. The van der Waals surface area contributed by atoms with Crippen LogP contribution in [-0.4, -0.2) is 11.6 Å². The number of ether oxygens (including phenoxy) is 1. The van der Waals surface area contributed by atoms with Crippen molar-refractivity contribution < 1.29 is 4.74 Å².